The molecule has 0 bridgehead atoms. The lowest BCUT2D eigenvalue weighted by Crippen LogP contribution is -2.28. The number of hydrogen-bond acceptors (Lipinski definition) is 2. The Morgan fingerprint density at radius 3 is 2.80 bits per heavy atom. The number of amides is 2. The van der Waals surface area contributed by atoms with Crippen LogP contribution in [-0.2, 0) is 13.6 Å². The van der Waals surface area contributed by atoms with E-state index in [1.807, 2.05) is 0 Å². The Labute approximate surface area is 122 Å². The number of anilines is 1. The quantitative estimate of drug-likeness (QED) is 0.899. The van der Waals surface area contributed by atoms with Crippen molar-refractivity contribution >= 4 is 27.6 Å². The van der Waals surface area contributed by atoms with Gasteiger partial charge in [0, 0.05) is 35.9 Å². The number of nitrogens with zero attached hydrogens (tertiary/aromatic N) is 2. The fourth-order valence-electron chi connectivity index (χ4n) is 1.56. The van der Waals surface area contributed by atoms with E-state index in [1.54, 1.807) is 24.1 Å². The number of nitrogens with one attached hydrogen (secondary N) is 2. The molecular formula is C12H11BrF2N4O. The van der Waals surface area contributed by atoms with Gasteiger partial charge < -0.3 is 10.6 Å². The monoisotopic (exact) mass is 344 g/mol. The minimum absolute atomic E-state index is 0.116. The van der Waals surface area contributed by atoms with Gasteiger partial charge in [-0.2, -0.15) is 5.10 Å². The number of aryl methyl sites for hydroxylation is 1. The highest BCUT2D eigenvalue weighted by molar-refractivity contribution is 9.10. The van der Waals surface area contributed by atoms with Gasteiger partial charge in [0.15, 0.2) is 5.82 Å². The Hall–Kier alpha value is -1.96. The third kappa shape index (κ3) is 3.53. The number of urea groups is 1. The Kier molecular flexibility index (Phi) is 4.33. The molecule has 0 saturated carbocycles. The van der Waals surface area contributed by atoms with E-state index in [1.165, 1.54) is 0 Å². The van der Waals surface area contributed by atoms with Crippen molar-refractivity contribution in [2.75, 3.05) is 5.32 Å². The zero-order valence-corrected chi connectivity index (χ0v) is 12.0. The first kappa shape index (κ1) is 14.4. The first-order valence-corrected chi connectivity index (χ1v) is 6.42. The van der Waals surface area contributed by atoms with Gasteiger partial charge in [-0.3, -0.25) is 4.68 Å². The third-order valence-electron chi connectivity index (χ3n) is 2.46. The van der Waals surface area contributed by atoms with Gasteiger partial charge in [-0.25, -0.2) is 13.6 Å². The molecule has 5 nitrogen and oxygen atoms in total. The molecular weight excluding hydrogens is 334 g/mol. The van der Waals surface area contributed by atoms with Crippen molar-refractivity contribution in [3.8, 4) is 0 Å². The topological polar surface area (TPSA) is 59.0 Å². The minimum atomic E-state index is -0.853. The fourth-order valence-corrected chi connectivity index (χ4v) is 2.07. The summed E-state index contributed by atoms with van der Waals surface area (Å²) in [6, 6.07) is 1.17. The highest BCUT2D eigenvalue weighted by Crippen LogP contribution is 2.26. The zero-order valence-electron chi connectivity index (χ0n) is 10.5. The summed E-state index contributed by atoms with van der Waals surface area (Å²) in [5.74, 6) is -1.58. The maximum atomic E-state index is 13.5. The maximum Gasteiger partial charge on any atom is 0.319 e. The highest BCUT2D eigenvalue weighted by atomic mass is 79.9. The molecule has 0 aliphatic carbocycles. The van der Waals surface area contributed by atoms with Gasteiger partial charge in [0.1, 0.15) is 5.82 Å². The van der Waals surface area contributed by atoms with E-state index in [0.29, 0.717) is 6.07 Å². The number of rotatable bonds is 3. The second kappa shape index (κ2) is 6.00. The smallest absolute Gasteiger partial charge is 0.319 e. The first-order chi connectivity index (χ1) is 9.45. The summed E-state index contributed by atoms with van der Waals surface area (Å²) in [4.78, 5) is 11.7. The van der Waals surface area contributed by atoms with E-state index in [4.69, 9.17) is 0 Å². The second-order valence-electron chi connectivity index (χ2n) is 4.07. The van der Waals surface area contributed by atoms with Crippen molar-refractivity contribution in [3.05, 3.63) is 46.2 Å². The lowest BCUT2D eigenvalue weighted by atomic mass is 10.3. The van der Waals surface area contributed by atoms with E-state index >= 15 is 0 Å². The van der Waals surface area contributed by atoms with Crippen LogP contribution in [0.1, 0.15) is 5.56 Å². The first-order valence-electron chi connectivity index (χ1n) is 5.62. The van der Waals surface area contributed by atoms with Crippen LogP contribution in [0.5, 0.6) is 0 Å². The standard InChI is InChI=1S/C12H11BrF2N4O/c1-19-6-7(5-17-19)4-16-12(20)18-11-9(13)2-8(14)3-10(11)15/h2-3,5-6H,4H2,1H3,(H2,16,18,20). The van der Waals surface area contributed by atoms with E-state index in [2.05, 4.69) is 31.7 Å². The van der Waals surface area contributed by atoms with E-state index in [-0.39, 0.29) is 16.7 Å². The Balaban J connectivity index is 1.98. The van der Waals surface area contributed by atoms with Crippen LogP contribution in [0, 0.1) is 11.6 Å². The van der Waals surface area contributed by atoms with Crippen molar-refractivity contribution < 1.29 is 13.6 Å². The molecule has 1 aromatic carbocycles. The lowest BCUT2D eigenvalue weighted by molar-refractivity contribution is 0.251. The molecule has 0 radical (unpaired) electrons. The molecule has 106 valence electrons. The summed E-state index contributed by atoms with van der Waals surface area (Å²) in [6.45, 7) is 0.250. The van der Waals surface area contributed by atoms with Gasteiger partial charge in [-0.05, 0) is 22.0 Å². The number of aromatic nitrogens is 2. The Bertz CT molecular complexity index is 621. The van der Waals surface area contributed by atoms with Crippen molar-refractivity contribution in [1.29, 1.82) is 0 Å². The Morgan fingerprint density at radius 1 is 1.45 bits per heavy atom. The van der Waals surface area contributed by atoms with Crippen molar-refractivity contribution in [2.45, 2.75) is 6.54 Å². The van der Waals surface area contributed by atoms with Crippen LogP contribution in [-0.4, -0.2) is 15.8 Å². The van der Waals surface area contributed by atoms with Gasteiger partial charge >= 0.3 is 6.03 Å². The molecule has 0 atom stereocenters. The van der Waals surface area contributed by atoms with Gasteiger partial charge in [-0.1, -0.05) is 0 Å². The summed E-state index contributed by atoms with van der Waals surface area (Å²) >= 11 is 2.99. The molecule has 0 saturated heterocycles. The number of carbonyl (C=O) groups is 1. The molecule has 1 heterocycles. The summed E-state index contributed by atoms with van der Waals surface area (Å²) in [7, 11) is 1.76. The number of carbonyl (C=O) groups excluding carboxylic acids is 1. The van der Waals surface area contributed by atoms with Gasteiger partial charge in [0.05, 0.1) is 11.9 Å². The summed E-state index contributed by atoms with van der Waals surface area (Å²) in [6.07, 6.45) is 3.35. The average Bonchev–Trinajstić information content (AvgIpc) is 2.77. The van der Waals surface area contributed by atoms with Crippen LogP contribution in [0.25, 0.3) is 0 Å². The Morgan fingerprint density at radius 2 is 2.20 bits per heavy atom. The van der Waals surface area contributed by atoms with Crippen LogP contribution < -0.4 is 10.6 Å². The zero-order chi connectivity index (χ0) is 14.7. The predicted octanol–water partition coefficient (Wildman–Crippen LogP) is 2.78. The maximum absolute atomic E-state index is 13.5. The molecule has 0 unspecified atom stereocenters. The summed E-state index contributed by atoms with van der Waals surface area (Å²) in [5.41, 5.74) is 0.691. The van der Waals surface area contributed by atoms with Gasteiger partial charge in [0.2, 0.25) is 0 Å². The summed E-state index contributed by atoms with van der Waals surface area (Å²) in [5, 5.41) is 8.81. The van der Waals surface area contributed by atoms with Gasteiger partial charge in [0.25, 0.3) is 0 Å². The SMILES string of the molecule is Cn1cc(CNC(=O)Nc2c(F)cc(F)cc2Br)cn1. The molecule has 0 aliphatic heterocycles. The van der Waals surface area contributed by atoms with Crippen LogP contribution >= 0.6 is 15.9 Å². The van der Waals surface area contributed by atoms with Crippen LogP contribution in [0.2, 0.25) is 0 Å². The van der Waals surface area contributed by atoms with E-state index in [0.717, 1.165) is 11.6 Å². The number of benzene rings is 1. The van der Waals surface area contributed by atoms with Gasteiger partial charge in [-0.15, -0.1) is 0 Å². The molecule has 0 fully saturated rings. The summed E-state index contributed by atoms with van der Waals surface area (Å²) < 4.78 is 28.2. The molecule has 0 aliphatic rings. The van der Waals surface area contributed by atoms with Crippen LogP contribution in [0.3, 0.4) is 0 Å². The molecule has 1 aromatic heterocycles. The number of hydrogen-bond donors (Lipinski definition) is 2. The van der Waals surface area contributed by atoms with E-state index in [9.17, 15) is 13.6 Å². The molecule has 2 N–H and O–H groups in total. The van der Waals surface area contributed by atoms with Crippen LogP contribution in [0.4, 0.5) is 19.3 Å². The van der Waals surface area contributed by atoms with E-state index < -0.39 is 17.7 Å². The molecule has 20 heavy (non-hydrogen) atoms. The predicted molar refractivity (Wildman–Crippen MR) is 73.1 cm³/mol. The largest absolute Gasteiger partial charge is 0.334 e. The lowest BCUT2D eigenvalue weighted by Gasteiger charge is -2.09. The third-order valence-corrected chi connectivity index (χ3v) is 3.08. The molecule has 2 rings (SSSR count). The fraction of sp³-hybridized carbons (Fsp3) is 0.167. The van der Waals surface area contributed by atoms with Crippen molar-refractivity contribution in [2.24, 2.45) is 7.05 Å². The normalized spacial score (nSPS) is 10.4. The average molecular weight is 345 g/mol. The van der Waals surface area contributed by atoms with Crippen molar-refractivity contribution in [3.63, 3.8) is 0 Å². The molecule has 2 aromatic rings. The van der Waals surface area contributed by atoms with Crippen molar-refractivity contribution in [1.82, 2.24) is 15.1 Å². The highest BCUT2D eigenvalue weighted by Gasteiger charge is 2.12. The molecule has 0 spiro atoms. The number of halogens is 3. The minimum Gasteiger partial charge on any atom is -0.334 e. The molecule has 2 amide bonds. The molecule has 8 heteroatoms. The second-order valence-corrected chi connectivity index (χ2v) is 4.93. The van der Waals surface area contributed by atoms with Crippen LogP contribution in [0.15, 0.2) is 29.0 Å².